The van der Waals surface area contributed by atoms with Crippen molar-refractivity contribution in [3.8, 4) is 0 Å². The summed E-state index contributed by atoms with van der Waals surface area (Å²) in [6, 6.07) is 3.85. The molecule has 2 atom stereocenters. The summed E-state index contributed by atoms with van der Waals surface area (Å²) < 4.78 is 13.1. The highest BCUT2D eigenvalue weighted by atomic mass is 35.5. The van der Waals surface area contributed by atoms with E-state index in [-0.39, 0.29) is 17.3 Å². The highest BCUT2D eigenvalue weighted by Crippen LogP contribution is 2.18. The monoisotopic (exact) mass is 336 g/mol. The first-order chi connectivity index (χ1) is 11.0. The fourth-order valence-corrected chi connectivity index (χ4v) is 2.53. The molecule has 3 N–H and O–H groups in total. The van der Waals surface area contributed by atoms with Crippen LogP contribution in [0.25, 0.3) is 0 Å². The zero-order chi connectivity index (χ0) is 16.6. The molecule has 1 aromatic carbocycles. The van der Waals surface area contributed by atoms with Crippen LogP contribution < -0.4 is 11.1 Å². The molecule has 0 bridgehead atoms. The van der Waals surface area contributed by atoms with Crippen LogP contribution in [0.15, 0.2) is 33.3 Å². The van der Waals surface area contributed by atoms with Crippen LogP contribution >= 0.6 is 11.6 Å². The number of fused-ring (bicyclic) bond motifs is 1. The van der Waals surface area contributed by atoms with E-state index in [0.29, 0.717) is 11.3 Å². The van der Waals surface area contributed by atoms with E-state index in [4.69, 9.17) is 17.3 Å². The lowest BCUT2D eigenvalue weighted by Crippen LogP contribution is -2.47. The van der Waals surface area contributed by atoms with Crippen LogP contribution in [0.5, 0.6) is 0 Å². The van der Waals surface area contributed by atoms with E-state index in [0.717, 1.165) is 0 Å². The third kappa shape index (κ3) is 2.95. The average Bonchev–Trinajstić information content (AvgIpc) is 2.83. The minimum absolute atomic E-state index is 0.00622. The second-order valence-corrected chi connectivity index (χ2v) is 5.57. The Hall–Kier alpha value is -2.32. The third-order valence-electron chi connectivity index (χ3n) is 3.61. The second kappa shape index (κ2) is 6.05. The second-order valence-electron chi connectivity index (χ2n) is 5.17. The first kappa shape index (κ1) is 15.6. The van der Waals surface area contributed by atoms with E-state index in [1.54, 1.807) is 18.1 Å². The van der Waals surface area contributed by atoms with Crippen LogP contribution in [0, 0.1) is 5.82 Å². The number of nitrogens with zero attached hydrogens (tertiary/aromatic N) is 4. The number of halogens is 2. The van der Waals surface area contributed by atoms with E-state index < -0.39 is 23.9 Å². The molecular formula is C14H14ClFN6O. The number of hydrogen-bond acceptors (Lipinski definition) is 6. The quantitative estimate of drug-likeness (QED) is 0.843. The van der Waals surface area contributed by atoms with Gasteiger partial charge in [0, 0.05) is 13.6 Å². The van der Waals surface area contributed by atoms with Gasteiger partial charge in [0.1, 0.15) is 30.1 Å². The van der Waals surface area contributed by atoms with Crippen molar-refractivity contribution in [3.05, 3.63) is 34.6 Å². The van der Waals surface area contributed by atoms with Crippen LogP contribution in [0.1, 0.15) is 5.56 Å². The summed E-state index contributed by atoms with van der Waals surface area (Å²) in [6.07, 6.45) is 0.891. The Kier molecular flexibility index (Phi) is 4.10. The predicted octanol–water partition coefficient (Wildman–Crippen LogP) is 0.533. The van der Waals surface area contributed by atoms with Crippen LogP contribution in [-0.4, -0.2) is 47.9 Å². The molecule has 0 spiro atoms. The Balaban J connectivity index is 1.71. The normalized spacial score (nSPS) is 22.5. The van der Waals surface area contributed by atoms with Crippen molar-refractivity contribution in [2.24, 2.45) is 20.8 Å². The van der Waals surface area contributed by atoms with E-state index in [1.165, 1.54) is 18.5 Å². The third-order valence-corrected chi connectivity index (χ3v) is 3.90. The summed E-state index contributed by atoms with van der Waals surface area (Å²) in [5, 5.41) is 8.48. The Morgan fingerprint density at radius 1 is 1.52 bits per heavy atom. The predicted molar refractivity (Wildman–Crippen MR) is 86.1 cm³/mol. The molecule has 0 saturated heterocycles. The molecule has 0 aromatic heterocycles. The van der Waals surface area contributed by atoms with Crippen molar-refractivity contribution >= 4 is 35.3 Å². The Morgan fingerprint density at radius 3 is 3.04 bits per heavy atom. The molecule has 2 aliphatic rings. The summed E-state index contributed by atoms with van der Waals surface area (Å²) >= 11 is 5.72. The van der Waals surface area contributed by atoms with Gasteiger partial charge in [-0.2, -0.15) is 5.10 Å². The Morgan fingerprint density at radius 2 is 2.30 bits per heavy atom. The molecule has 0 fully saturated rings. The van der Waals surface area contributed by atoms with Crippen LogP contribution in [0.3, 0.4) is 0 Å². The molecule has 3 rings (SSSR count). The van der Waals surface area contributed by atoms with Gasteiger partial charge in [-0.3, -0.25) is 14.8 Å². The Labute approximate surface area is 136 Å². The van der Waals surface area contributed by atoms with Crippen LogP contribution in [0.2, 0.25) is 5.02 Å². The van der Waals surface area contributed by atoms with Crippen molar-refractivity contribution in [2.75, 3.05) is 7.05 Å². The first-order valence-corrected chi connectivity index (χ1v) is 7.24. The lowest BCUT2D eigenvalue weighted by Gasteiger charge is -2.19. The Bertz CT molecular complexity index is 747. The topological polar surface area (TPSA) is 95.4 Å². The maximum absolute atomic E-state index is 13.1. The number of likely N-dealkylation sites (N-methyl/N-ethyl adjacent to an activating group) is 1. The molecule has 2 aliphatic heterocycles. The van der Waals surface area contributed by atoms with Gasteiger partial charge in [0.15, 0.2) is 5.71 Å². The summed E-state index contributed by atoms with van der Waals surface area (Å²) in [4.78, 5) is 20.5. The molecule has 9 heteroatoms. The SMILES string of the molecule is CN1N=C2C(C(=O)NCc3ccc(F)c(Cl)c3)=NC=NC2C1N. The maximum atomic E-state index is 13.1. The number of nitrogens with one attached hydrogen (secondary N) is 1. The molecule has 2 heterocycles. The molecule has 1 amide bonds. The van der Waals surface area contributed by atoms with Gasteiger partial charge < -0.3 is 11.1 Å². The molecule has 23 heavy (non-hydrogen) atoms. The van der Waals surface area contributed by atoms with E-state index in [9.17, 15) is 9.18 Å². The van der Waals surface area contributed by atoms with E-state index in [1.807, 2.05) is 0 Å². The average molecular weight is 337 g/mol. The van der Waals surface area contributed by atoms with Crippen molar-refractivity contribution in [2.45, 2.75) is 18.8 Å². The van der Waals surface area contributed by atoms with Gasteiger partial charge in [0.25, 0.3) is 5.91 Å². The first-order valence-electron chi connectivity index (χ1n) is 6.86. The van der Waals surface area contributed by atoms with E-state index in [2.05, 4.69) is 20.4 Å². The largest absolute Gasteiger partial charge is 0.347 e. The molecule has 120 valence electrons. The minimum Gasteiger partial charge on any atom is -0.347 e. The summed E-state index contributed by atoms with van der Waals surface area (Å²) in [5.74, 6) is -0.905. The van der Waals surface area contributed by atoms with Gasteiger partial charge in [0.2, 0.25) is 0 Å². The smallest absolute Gasteiger partial charge is 0.272 e. The van der Waals surface area contributed by atoms with Crippen molar-refractivity contribution < 1.29 is 9.18 Å². The lowest BCUT2D eigenvalue weighted by atomic mass is 10.0. The fraction of sp³-hybridized carbons (Fsp3) is 0.286. The molecule has 1 aromatic rings. The standard InChI is InChI=1S/C14H14ClFN6O/c1-22-13(17)11-10(21-22)12(20-6-19-11)14(23)18-5-7-2-3-9(16)8(15)4-7/h2-4,6,11,13H,5,17H2,1H3,(H,18,23). The van der Waals surface area contributed by atoms with Crippen molar-refractivity contribution in [3.63, 3.8) is 0 Å². The highest BCUT2D eigenvalue weighted by Gasteiger charge is 2.38. The van der Waals surface area contributed by atoms with E-state index >= 15 is 0 Å². The molecule has 0 saturated carbocycles. The number of benzene rings is 1. The van der Waals surface area contributed by atoms with Gasteiger partial charge in [-0.15, -0.1) is 0 Å². The number of nitrogens with two attached hydrogens (primary N) is 1. The fourth-order valence-electron chi connectivity index (χ4n) is 2.33. The van der Waals surface area contributed by atoms with Gasteiger partial charge in [-0.05, 0) is 17.7 Å². The van der Waals surface area contributed by atoms with Gasteiger partial charge in [0.05, 0.1) is 5.02 Å². The molecule has 0 aliphatic carbocycles. The van der Waals surface area contributed by atoms with Crippen LogP contribution in [-0.2, 0) is 11.3 Å². The number of carbonyl (C=O) groups excluding carboxylic acids is 1. The summed E-state index contributed by atoms with van der Waals surface area (Å²) in [7, 11) is 1.71. The minimum atomic E-state index is -0.505. The zero-order valence-electron chi connectivity index (χ0n) is 12.2. The summed E-state index contributed by atoms with van der Waals surface area (Å²) in [5.41, 5.74) is 7.25. The molecule has 2 unspecified atom stereocenters. The number of carbonyl (C=O) groups is 1. The number of amides is 1. The molecule has 0 radical (unpaired) electrons. The van der Waals surface area contributed by atoms with Crippen LogP contribution in [0.4, 0.5) is 4.39 Å². The van der Waals surface area contributed by atoms with Crippen molar-refractivity contribution in [1.82, 2.24) is 10.3 Å². The molecular weight excluding hydrogens is 323 g/mol. The van der Waals surface area contributed by atoms with Crippen molar-refractivity contribution in [1.29, 1.82) is 0 Å². The van der Waals surface area contributed by atoms with Gasteiger partial charge >= 0.3 is 0 Å². The van der Waals surface area contributed by atoms with Gasteiger partial charge in [-0.1, -0.05) is 17.7 Å². The summed E-state index contributed by atoms with van der Waals surface area (Å²) in [6.45, 7) is 0.189. The number of hydrogen-bond donors (Lipinski definition) is 2. The zero-order valence-corrected chi connectivity index (χ0v) is 13.0. The molecule has 7 nitrogen and oxygen atoms in total. The maximum Gasteiger partial charge on any atom is 0.272 e. The number of aliphatic imine (C=N–C) groups is 2. The number of hydrazone groups is 1. The number of rotatable bonds is 3. The van der Waals surface area contributed by atoms with Gasteiger partial charge in [-0.25, -0.2) is 9.38 Å². The highest BCUT2D eigenvalue weighted by molar-refractivity contribution is 6.69. The lowest BCUT2D eigenvalue weighted by molar-refractivity contribution is -0.114.